The minimum atomic E-state index is -1.10. The van der Waals surface area contributed by atoms with E-state index in [2.05, 4.69) is 5.32 Å². The highest BCUT2D eigenvalue weighted by molar-refractivity contribution is 5.72. The van der Waals surface area contributed by atoms with E-state index in [-0.39, 0.29) is 5.69 Å². The number of nitrogens with zero attached hydrogens (tertiary/aromatic N) is 1. The molecule has 0 aliphatic heterocycles. The standard InChI is InChI=1S/C13H18N2O6/c1-9(13(16)17)21-12-4-3-11(15(18)19)7-10(12)8-14-5-6-20-2/h3-4,7,9,14H,5-6,8H2,1-2H3,(H,16,17). The van der Waals surface area contributed by atoms with E-state index in [1.165, 1.54) is 25.1 Å². The number of carboxylic acids is 1. The number of benzene rings is 1. The summed E-state index contributed by atoms with van der Waals surface area (Å²) in [6.45, 7) is 2.77. The Morgan fingerprint density at radius 1 is 1.52 bits per heavy atom. The molecule has 1 rings (SSSR count). The number of ether oxygens (including phenoxy) is 2. The number of methoxy groups -OCH3 is 1. The Morgan fingerprint density at radius 2 is 2.24 bits per heavy atom. The summed E-state index contributed by atoms with van der Waals surface area (Å²) in [6.07, 6.45) is -1.04. The maximum Gasteiger partial charge on any atom is 0.344 e. The van der Waals surface area contributed by atoms with Crippen molar-refractivity contribution in [2.45, 2.75) is 19.6 Å². The van der Waals surface area contributed by atoms with Crippen LogP contribution in [-0.4, -0.2) is 42.4 Å². The highest BCUT2D eigenvalue weighted by atomic mass is 16.6. The second-order valence-electron chi connectivity index (χ2n) is 4.32. The third-order valence-corrected chi connectivity index (χ3v) is 2.70. The van der Waals surface area contributed by atoms with E-state index >= 15 is 0 Å². The number of carboxylic acid groups (broad SMARTS) is 1. The number of nitro groups is 1. The summed E-state index contributed by atoms with van der Waals surface area (Å²) in [5, 5.41) is 22.7. The van der Waals surface area contributed by atoms with Crippen LogP contribution < -0.4 is 10.1 Å². The molecule has 21 heavy (non-hydrogen) atoms. The number of carbonyl (C=O) groups is 1. The van der Waals surface area contributed by atoms with E-state index in [4.69, 9.17) is 14.6 Å². The highest BCUT2D eigenvalue weighted by Crippen LogP contribution is 2.25. The second kappa shape index (κ2) is 8.18. The van der Waals surface area contributed by atoms with Crippen molar-refractivity contribution in [3.05, 3.63) is 33.9 Å². The molecule has 0 saturated carbocycles. The van der Waals surface area contributed by atoms with Crippen LogP contribution in [0.25, 0.3) is 0 Å². The van der Waals surface area contributed by atoms with Crippen molar-refractivity contribution < 1.29 is 24.3 Å². The van der Waals surface area contributed by atoms with E-state index in [1.807, 2.05) is 0 Å². The van der Waals surface area contributed by atoms with Gasteiger partial charge in [-0.15, -0.1) is 0 Å². The number of nitrogens with one attached hydrogen (secondary N) is 1. The van der Waals surface area contributed by atoms with Crippen LogP contribution in [-0.2, 0) is 16.1 Å². The summed E-state index contributed by atoms with van der Waals surface area (Å²) < 4.78 is 10.2. The first-order valence-corrected chi connectivity index (χ1v) is 6.32. The lowest BCUT2D eigenvalue weighted by Crippen LogP contribution is -2.24. The lowest BCUT2D eigenvalue weighted by molar-refractivity contribution is -0.384. The Morgan fingerprint density at radius 3 is 2.81 bits per heavy atom. The van der Waals surface area contributed by atoms with Crippen LogP contribution >= 0.6 is 0 Å². The molecule has 0 fully saturated rings. The SMILES string of the molecule is COCCNCc1cc([N+](=O)[O-])ccc1OC(C)C(=O)O. The van der Waals surface area contributed by atoms with E-state index in [0.29, 0.717) is 31.0 Å². The lowest BCUT2D eigenvalue weighted by Gasteiger charge is -2.14. The van der Waals surface area contributed by atoms with Gasteiger partial charge in [-0.1, -0.05) is 0 Å². The molecule has 0 aliphatic carbocycles. The molecular formula is C13H18N2O6. The first-order chi connectivity index (χ1) is 9.95. The van der Waals surface area contributed by atoms with Crippen molar-refractivity contribution in [2.75, 3.05) is 20.3 Å². The average molecular weight is 298 g/mol. The summed E-state index contributed by atoms with van der Waals surface area (Å²) in [4.78, 5) is 21.1. The summed E-state index contributed by atoms with van der Waals surface area (Å²) in [6, 6.07) is 4.05. The average Bonchev–Trinajstić information content (AvgIpc) is 2.44. The van der Waals surface area contributed by atoms with Crippen molar-refractivity contribution in [1.29, 1.82) is 0 Å². The normalized spacial score (nSPS) is 11.9. The molecule has 0 aliphatic rings. The number of non-ortho nitro benzene ring substituents is 1. The van der Waals surface area contributed by atoms with Gasteiger partial charge in [0.2, 0.25) is 0 Å². The molecule has 8 heteroatoms. The zero-order valence-electron chi connectivity index (χ0n) is 11.9. The third kappa shape index (κ3) is 5.36. The molecule has 116 valence electrons. The smallest absolute Gasteiger partial charge is 0.344 e. The fourth-order valence-electron chi connectivity index (χ4n) is 1.57. The van der Waals surface area contributed by atoms with Gasteiger partial charge < -0.3 is 19.9 Å². The number of nitro benzene ring substituents is 1. The van der Waals surface area contributed by atoms with Gasteiger partial charge in [-0.3, -0.25) is 10.1 Å². The van der Waals surface area contributed by atoms with E-state index in [9.17, 15) is 14.9 Å². The lowest BCUT2D eigenvalue weighted by atomic mass is 10.1. The largest absolute Gasteiger partial charge is 0.479 e. The van der Waals surface area contributed by atoms with Gasteiger partial charge in [-0.2, -0.15) is 0 Å². The van der Waals surface area contributed by atoms with Gasteiger partial charge in [0.25, 0.3) is 5.69 Å². The van der Waals surface area contributed by atoms with Gasteiger partial charge >= 0.3 is 5.97 Å². The molecule has 0 spiro atoms. The molecule has 0 aromatic heterocycles. The monoisotopic (exact) mass is 298 g/mol. The first-order valence-electron chi connectivity index (χ1n) is 6.32. The quantitative estimate of drug-likeness (QED) is 0.400. The fourth-order valence-corrected chi connectivity index (χ4v) is 1.57. The maximum absolute atomic E-state index is 10.8. The Hall–Kier alpha value is -2.19. The van der Waals surface area contributed by atoms with Crippen LogP contribution in [0.15, 0.2) is 18.2 Å². The minimum Gasteiger partial charge on any atom is -0.479 e. The third-order valence-electron chi connectivity index (χ3n) is 2.70. The maximum atomic E-state index is 10.8. The van der Waals surface area contributed by atoms with Gasteiger partial charge in [0.05, 0.1) is 11.5 Å². The summed E-state index contributed by atoms with van der Waals surface area (Å²) in [7, 11) is 1.57. The van der Waals surface area contributed by atoms with E-state index in [1.54, 1.807) is 7.11 Å². The first kappa shape index (κ1) is 16.9. The molecule has 8 nitrogen and oxygen atoms in total. The van der Waals surface area contributed by atoms with Crippen LogP contribution in [0.3, 0.4) is 0 Å². The minimum absolute atomic E-state index is 0.0751. The van der Waals surface area contributed by atoms with Crippen molar-refractivity contribution in [3.63, 3.8) is 0 Å². The van der Waals surface area contributed by atoms with Crippen LogP contribution in [0, 0.1) is 10.1 Å². The van der Waals surface area contributed by atoms with E-state index in [0.717, 1.165) is 0 Å². The summed E-state index contributed by atoms with van der Waals surface area (Å²) in [5.41, 5.74) is 0.447. The number of hydrogen-bond acceptors (Lipinski definition) is 6. The van der Waals surface area contributed by atoms with Crippen LogP contribution in [0.4, 0.5) is 5.69 Å². The van der Waals surface area contributed by atoms with Crippen LogP contribution in [0.1, 0.15) is 12.5 Å². The molecule has 1 aromatic carbocycles. The van der Waals surface area contributed by atoms with Gasteiger partial charge in [-0.05, 0) is 13.0 Å². The Labute approximate surface area is 121 Å². The number of rotatable bonds is 9. The van der Waals surface area contributed by atoms with Gasteiger partial charge in [-0.25, -0.2) is 4.79 Å². The van der Waals surface area contributed by atoms with Gasteiger partial charge in [0.15, 0.2) is 6.10 Å². The van der Waals surface area contributed by atoms with E-state index < -0.39 is 17.0 Å². The molecule has 1 atom stereocenters. The summed E-state index contributed by atoms with van der Waals surface area (Å²) in [5.74, 6) is -0.799. The Kier molecular flexibility index (Phi) is 6.57. The topological polar surface area (TPSA) is 111 Å². The van der Waals surface area contributed by atoms with Crippen LogP contribution in [0.2, 0.25) is 0 Å². The summed E-state index contributed by atoms with van der Waals surface area (Å²) >= 11 is 0. The zero-order valence-corrected chi connectivity index (χ0v) is 11.9. The molecule has 1 aromatic rings. The Balaban J connectivity index is 2.88. The predicted molar refractivity (Wildman–Crippen MR) is 74.4 cm³/mol. The highest BCUT2D eigenvalue weighted by Gasteiger charge is 2.17. The van der Waals surface area contributed by atoms with Crippen molar-refractivity contribution >= 4 is 11.7 Å². The molecule has 0 heterocycles. The zero-order chi connectivity index (χ0) is 15.8. The molecule has 0 radical (unpaired) electrons. The molecule has 0 bridgehead atoms. The van der Waals surface area contributed by atoms with Crippen molar-refractivity contribution in [2.24, 2.45) is 0 Å². The second-order valence-corrected chi connectivity index (χ2v) is 4.32. The predicted octanol–water partition coefficient (Wildman–Crippen LogP) is 1.18. The molecular weight excluding hydrogens is 280 g/mol. The molecule has 0 amide bonds. The van der Waals surface area contributed by atoms with Crippen molar-refractivity contribution in [1.82, 2.24) is 5.32 Å². The van der Waals surface area contributed by atoms with Crippen molar-refractivity contribution in [3.8, 4) is 5.75 Å². The van der Waals surface area contributed by atoms with Gasteiger partial charge in [0, 0.05) is 37.9 Å². The number of aliphatic carboxylic acids is 1. The molecule has 0 saturated heterocycles. The molecule has 2 N–H and O–H groups in total. The van der Waals surface area contributed by atoms with Gasteiger partial charge in [0.1, 0.15) is 5.75 Å². The van der Waals surface area contributed by atoms with Crippen LogP contribution in [0.5, 0.6) is 5.75 Å². The molecule has 1 unspecified atom stereocenters. The Bertz CT molecular complexity index is 505. The number of hydrogen-bond donors (Lipinski definition) is 2. The fraction of sp³-hybridized carbons (Fsp3) is 0.462.